The molecule has 0 saturated heterocycles. The van der Waals surface area contributed by atoms with E-state index in [0.29, 0.717) is 25.5 Å². The lowest BCUT2D eigenvalue weighted by Gasteiger charge is -2.25. The quantitative estimate of drug-likeness (QED) is 0.776. The molecule has 1 N–H and O–H groups in total. The summed E-state index contributed by atoms with van der Waals surface area (Å²) in [5.74, 6) is 1.29. The first-order valence-corrected chi connectivity index (χ1v) is 9.05. The van der Waals surface area contributed by atoms with E-state index >= 15 is 0 Å². The SMILES string of the molecule is Cc1cc2occ(CC(=O)NCC3COc4ccccc4C3)c2cc1C. The molecule has 0 fully saturated rings. The van der Waals surface area contributed by atoms with Crippen molar-refractivity contribution in [2.75, 3.05) is 13.2 Å². The maximum Gasteiger partial charge on any atom is 0.224 e. The van der Waals surface area contributed by atoms with Crippen molar-refractivity contribution in [2.45, 2.75) is 26.7 Å². The summed E-state index contributed by atoms with van der Waals surface area (Å²) in [4.78, 5) is 12.4. The molecule has 2 heterocycles. The van der Waals surface area contributed by atoms with E-state index in [4.69, 9.17) is 9.15 Å². The van der Waals surface area contributed by atoms with Crippen LogP contribution >= 0.6 is 0 Å². The molecule has 1 amide bonds. The second-order valence-corrected chi connectivity index (χ2v) is 7.16. The van der Waals surface area contributed by atoms with Gasteiger partial charge in [-0.15, -0.1) is 0 Å². The van der Waals surface area contributed by atoms with Crippen LogP contribution < -0.4 is 10.1 Å². The largest absolute Gasteiger partial charge is 0.493 e. The van der Waals surface area contributed by atoms with Crippen LogP contribution in [0.1, 0.15) is 22.3 Å². The first-order valence-electron chi connectivity index (χ1n) is 9.05. The van der Waals surface area contributed by atoms with Gasteiger partial charge in [0.2, 0.25) is 5.91 Å². The highest BCUT2D eigenvalue weighted by molar-refractivity contribution is 5.88. The van der Waals surface area contributed by atoms with Crippen LogP contribution in [0.15, 0.2) is 47.1 Å². The van der Waals surface area contributed by atoms with E-state index in [-0.39, 0.29) is 5.91 Å². The monoisotopic (exact) mass is 349 g/mol. The smallest absolute Gasteiger partial charge is 0.224 e. The molecule has 4 heteroatoms. The first-order chi connectivity index (χ1) is 12.6. The minimum absolute atomic E-state index is 0.0183. The third kappa shape index (κ3) is 3.32. The number of hydrogen-bond donors (Lipinski definition) is 1. The molecule has 0 bridgehead atoms. The van der Waals surface area contributed by atoms with E-state index in [1.54, 1.807) is 6.26 Å². The van der Waals surface area contributed by atoms with Crippen LogP contribution in [0.2, 0.25) is 0 Å². The Bertz CT molecular complexity index is 957. The number of carbonyl (C=O) groups is 1. The highest BCUT2D eigenvalue weighted by Crippen LogP contribution is 2.27. The first kappa shape index (κ1) is 16.7. The second-order valence-electron chi connectivity index (χ2n) is 7.16. The lowest BCUT2D eigenvalue weighted by atomic mass is 9.96. The third-order valence-corrected chi connectivity index (χ3v) is 5.16. The van der Waals surface area contributed by atoms with Gasteiger partial charge in [0.05, 0.1) is 19.3 Å². The van der Waals surface area contributed by atoms with E-state index in [9.17, 15) is 4.79 Å². The van der Waals surface area contributed by atoms with Gasteiger partial charge in [0.15, 0.2) is 0 Å². The Morgan fingerprint density at radius 2 is 2.00 bits per heavy atom. The number of ether oxygens (including phenoxy) is 1. The Morgan fingerprint density at radius 1 is 1.19 bits per heavy atom. The minimum atomic E-state index is 0.0183. The standard InChI is InChI=1S/C22H23NO3/c1-14-7-19-18(13-26-21(19)8-15(14)2)10-22(24)23-11-16-9-17-5-3-4-6-20(17)25-12-16/h3-8,13,16H,9-12H2,1-2H3,(H,23,24). The van der Waals surface area contributed by atoms with Gasteiger partial charge in [-0.2, -0.15) is 0 Å². The van der Waals surface area contributed by atoms with Crippen molar-refractivity contribution in [3.8, 4) is 5.75 Å². The number of furan rings is 1. The van der Waals surface area contributed by atoms with Crippen LogP contribution in [0.4, 0.5) is 0 Å². The Morgan fingerprint density at radius 3 is 2.88 bits per heavy atom. The van der Waals surface area contributed by atoms with Gasteiger partial charge in [-0.25, -0.2) is 0 Å². The van der Waals surface area contributed by atoms with Crippen LogP contribution in [0, 0.1) is 19.8 Å². The predicted molar refractivity (Wildman–Crippen MR) is 102 cm³/mol. The molecule has 1 aliphatic rings. The van der Waals surface area contributed by atoms with Gasteiger partial charge < -0.3 is 14.5 Å². The lowest BCUT2D eigenvalue weighted by Crippen LogP contribution is -2.35. The fourth-order valence-electron chi connectivity index (χ4n) is 3.49. The van der Waals surface area contributed by atoms with E-state index in [0.717, 1.165) is 28.7 Å². The number of hydrogen-bond acceptors (Lipinski definition) is 3. The summed E-state index contributed by atoms with van der Waals surface area (Å²) in [6.45, 7) is 5.41. The molecule has 1 atom stereocenters. The number of nitrogens with one attached hydrogen (secondary N) is 1. The molecule has 1 aromatic heterocycles. The molecule has 26 heavy (non-hydrogen) atoms. The molecule has 0 spiro atoms. The Kier molecular flexibility index (Phi) is 4.41. The zero-order valence-electron chi connectivity index (χ0n) is 15.2. The molecule has 1 unspecified atom stereocenters. The average molecular weight is 349 g/mol. The van der Waals surface area contributed by atoms with Crippen molar-refractivity contribution in [3.05, 3.63) is 64.9 Å². The predicted octanol–water partition coefficient (Wildman–Crippen LogP) is 3.96. The van der Waals surface area contributed by atoms with Gasteiger partial charge in [0, 0.05) is 23.4 Å². The van der Waals surface area contributed by atoms with E-state index in [1.165, 1.54) is 16.7 Å². The van der Waals surface area contributed by atoms with Gasteiger partial charge in [-0.1, -0.05) is 18.2 Å². The molecule has 0 saturated carbocycles. The second kappa shape index (κ2) is 6.87. The zero-order chi connectivity index (χ0) is 18.1. The van der Waals surface area contributed by atoms with Crippen molar-refractivity contribution in [2.24, 2.45) is 5.92 Å². The molecule has 0 aliphatic carbocycles. The van der Waals surface area contributed by atoms with Crippen LogP contribution in [0.3, 0.4) is 0 Å². The van der Waals surface area contributed by atoms with Crippen molar-refractivity contribution in [1.82, 2.24) is 5.32 Å². The Balaban J connectivity index is 1.37. The van der Waals surface area contributed by atoms with Crippen molar-refractivity contribution < 1.29 is 13.9 Å². The minimum Gasteiger partial charge on any atom is -0.493 e. The molecular formula is C22H23NO3. The van der Waals surface area contributed by atoms with Gasteiger partial charge >= 0.3 is 0 Å². The molecule has 4 nitrogen and oxygen atoms in total. The number of aryl methyl sites for hydroxylation is 2. The summed E-state index contributed by atoms with van der Waals surface area (Å²) >= 11 is 0. The molecule has 1 aliphatic heterocycles. The lowest BCUT2D eigenvalue weighted by molar-refractivity contribution is -0.120. The number of fused-ring (bicyclic) bond motifs is 2. The summed E-state index contributed by atoms with van der Waals surface area (Å²) in [6, 6.07) is 12.2. The van der Waals surface area contributed by atoms with Crippen molar-refractivity contribution >= 4 is 16.9 Å². The van der Waals surface area contributed by atoms with Crippen LogP contribution in [-0.4, -0.2) is 19.1 Å². The maximum atomic E-state index is 12.4. The van der Waals surface area contributed by atoms with Crippen molar-refractivity contribution in [1.29, 1.82) is 0 Å². The fraction of sp³-hybridized carbons (Fsp3) is 0.318. The molecule has 0 radical (unpaired) electrons. The maximum absolute atomic E-state index is 12.4. The highest BCUT2D eigenvalue weighted by atomic mass is 16.5. The highest BCUT2D eigenvalue weighted by Gasteiger charge is 2.20. The van der Waals surface area contributed by atoms with E-state index in [2.05, 4.69) is 31.3 Å². The number of carbonyl (C=O) groups excluding carboxylic acids is 1. The molecule has 4 rings (SSSR count). The number of rotatable bonds is 4. The van der Waals surface area contributed by atoms with E-state index < -0.39 is 0 Å². The van der Waals surface area contributed by atoms with E-state index in [1.807, 2.05) is 24.3 Å². The summed E-state index contributed by atoms with van der Waals surface area (Å²) in [7, 11) is 0. The topological polar surface area (TPSA) is 51.5 Å². The van der Waals surface area contributed by atoms with Gasteiger partial charge in [0.1, 0.15) is 11.3 Å². The van der Waals surface area contributed by atoms with Crippen LogP contribution in [0.25, 0.3) is 11.0 Å². The van der Waals surface area contributed by atoms with Gasteiger partial charge in [-0.05, 0) is 55.2 Å². The van der Waals surface area contributed by atoms with Crippen LogP contribution in [-0.2, 0) is 17.6 Å². The van der Waals surface area contributed by atoms with Gasteiger partial charge in [0.25, 0.3) is 0 Å². The average Bonchev–Trinajstić information content (AvgIpc) is 3.02. The third-order valence-electron chi connectivity index (χ3n) is 5.16. The number of benzene rings is 2. The van der Waals surface area contributed by atoms with Gasteiger partial charge in [-0.3, -0.25) is 4.79 Å². The number of amides is 1. The van der Waals surface area contributed by atoms with Crippen LogP contribution in [0.5, 0.6) is 5.75 Å². The molecule has 3 aromatic rings. The Labute approximate surface area is 153 Å². The fourth-order valence-corrected chi connectivity index (χ4v) is 3.49. The zero-order valence-corrected chi connectivity index (χ0v) is 15.2. The summed E-state index contributed by atoms with van der Waals surface area (Å²) < 4.78 is 11.4. The van der Waals surface area contributed by atoms with Crippen molar-refractivity contribution in [3.63, 3.8) is 0 Å². The molecular weight excluding hydrogens is 326 g/mol. The summed E-state index contributed by atoms with van der Waals surface area (Å²) in [5.41, 5.74) is 5.39. The molecule has 2 aromatic carbocycles. The summed E-state index contributed by atoms with van der Waals surface area (Å²) in [6.07, 6.45) is 2.96. The number of para-hydroxylation sites is 1. The Hall–Kier alpha value is -2.75. The molecule has 134 valence electrons. The normalized spacial score (nSPS) is 16.2. The summed E-state index contributed by atoms with van der Waals surface area (Å²) in [5, 5.41) is 4.08.